The number of nitrogens with one attached hydrogen (secondary N) is 2. The van der Waals surface area contributed by atoms with Gasteiger partial charge in [0.1, 0.15) is 0 Å². The molecule has 4 heterocycles. The monoisotopic (exact) mass is 463 g/mol. The lowest BCUT2D eigenvalue weighted by molar-refractivity contribution is 0.543. The Morgan fingerprint density at radius 2 is 1.85 bits per heavy atom. The van der Waals surface area contributed by atoms with Crippen LogP contribution in [-0.4, -0.2) is 55.2 Å². The van der Waals surface area contributed by atoms with Gasteiger partial charge in [-0.1, -0.05) is 28.8 Å². The van der Waals surface area contributed by atoms with Crippen LogP contribution in [0.1, 0.15) is 22.9 Å². The van der Waals surface area contributed by atoms with Gasteiger partial charge in [0.25, 0.3) is 5.89 Å². The first-order chi connectivity index (χ1) is 16.2. The summed E-state index contributed by atoms with van der Waals surface area (Å²) in [6.45, 7) is 4.49. The van der Waals surface area contributed by atoms with Crippen LogP contribution in [0.25, 0.3) is 11.5 Å². The summed E-state index contributed by atoms with van der Waals surface area (Å²) in [5.74, 6) is 2.58. The van der Waals surface area contributed by atoms with Crippen LogP contribution in [0.3, 0.4) is 0 Å². The topological polar surface area (TPSA) is 122 Å². The molecule has 4 aromatic rings. The van der Waals surface area contributed by atoms with E-state index in [2.05, 4.69) is 45.8 Å². The number of fused-ring (bicyclic) bond motifs is 1. The summed E-state index contributed by atoms with van der Waals surface area (Å²) in [5, 5.41) is 23.6. The second-order valence-electron chi connectivity index (χ2n) is 8.54. The molecule has 1 aliphatic heterocycles. The van der Waals surface area contributed by atoms with Crippen molar-refractivity contribution in [2.45, 2.75) is 19.3 Å². The minimum atomic E-state index is 0.419. The van der Waals surface area contributed by atoms with Gasteiger partial charge in [0.05, 0.1) is 17.0 Å². The van der Waals surface area contributed by atoms with E-state index in [0.29, 0.717) is 41.2 Å². The van der Waals surface area contributed by atoms with Crippen LogP contribution in [0.5, 0.6) is 0 Å². The number of anilines is 2. The predicted molar refractivity (Wildman–Crippen MR) is 122 cm³/mol. The molecule has 3 atom stereocenters. The maximum atomic E-state index is 5.92. The van der Waals surface area contributed by atoms with Gasteiger partial charge in [0, 0.05) is 43.0 Å². The van der Waals surface area contributed by atoms with Crippen LogP contribution < -0.4 is 10.2 Å². The summed E-state index contributed by atoms with van der Waals surface area (Å²) in [4.78, 5) is 10.9. The average molecular weight is 464 g/mol. The molecule has 33 heavy (non-hydrogen) atoms. The first-order valence-electron chi connectivity index (χ1n) is 10.9. The van der Waals surface area contributed by atoms with Crippen molar-refractivity contribution in [3.63, 3.8) is 0 Å². The van der Waals surface area contributed by atoms with Crippen LogP contribution in [0.4, 0.5) is 12.0 Å². The molecule has 0 radical (unpaired) electrons. The van der Waals surface area contributed by atoms with Crippen molar-refractivity contribution < 1.29 is 4.42 Å². The molecule has 1 aliphatic carbocycles. The Balaban J connectivity index is 1.04. The smallest absolute Gasteiger partial charge is 0.318 e. The van der Waals surface area contributed by atoms with E-state index in [4.69, 9.17) is 16.0 Å². The summed E-state index contributed by atoms with van der Waals surface area (Å²) < 4.78 is 5.92. The van der Waals surface area contributed by atoms with Crippen molar-refractivity contribution in [3.05, 3.63) is 58.6 Å². The zero-order valence-electron chi connectivity index (χ0n) is 17.9. The largest absolute Gasteiger partial charge is 0.403 e. The number of hydrogen-bond acceptors (Lipinski definition) is 9. The van der Waals surface area contributed by atoms with Crippen LogP contribution in [0, 0.1) is 18.8 Å². The van der Waals surface area contributed by atoms with E-state index in [1.807, 2.05) is 31.2 Å². The van der Waals surface area contributed by atoms with Gasteiger partial charge in [-0.2, -0.15) is 15.4 Å². The van der Waals surface area contributed by atoms with Gasteiger partial charge in [0.2, 0.25) is 5.95 Å². The van der Waals surface area contributed by atoms with Gasteiger partial charge in [-0.25, -0.2) is 9.97 Å². The zero-order chi connectivity index (χ0) is 22.4. The number of rotatable bonds is 7. The first kappa shape index (κ1) is 20.1. The molecule has 2 aliphatic rings. The molecule has 0 spiro atoms. The van der Waals surface area contributed by atoms with Crippen LogP contribution in [0.15, 0.2) is 41.1 Å². The van der Waals surface area contributed by atoms with Crippen LogP contribution in [0.2, 0.25) is 5.02 Å². The number of nitrogens with zero attached hydrogens (tertiary/aromatic N) is 7. The molecular formula is C22H22ClN9O. The molecule has 1 saturated carbocycles. The molecule has 1 saturated heterocycles. The summed E-state index contributed by atoms with van der Waals surface area (Å²) >= 11 is 5.92. The molecule has 11 heteroatoms. The summed E-state index contributed by atoms with van der Waals surface area (Å²) in [6, 6.07) is 8.35. The fraction of sp³-hybridized carbons (Fsp3) is 0.364. The van der Waals surface area contributed by atoms with E-state index in [9.17, 15) is 0 Å². The fourth-order valence-electron chi connectivity index (χ4n) is 4.66. The lowest BCUT2D eigenvalue weighted by Crippen LogP contribution is -2.24. The molecule has 10 nitrogen and oxygen atoms in total. The number of piperidine rings is 1. The zero-order valence-corrected chi connectivity index (χ0v) is 18.7. The number of benzene rings is 1. The van der Waals surface area contributed by atoms with E-state index in [1.54, 1.807) is 12.4 Å². The Kier molecular flexibility index (Phi) is 4.94. The number of hydrogen-bond donors (Lipinski definition) is 2. The molecule has 168 valence electrons. The summed E-state index contributed by atoms with van der Waals surface area (Å²) in [6.07, 6.45) is 4.24. The number of aromatic amines is 1. The van der Waals surface area contributed by atoms with E-state index in [-0.39, 0.29) is 0 Å². The normalized spacial score (nSPS) is 21.3. The van der Waals surface area contributed by atoms with Gasteiger partial charge < -0.3 is 14.6 Å². The van der Waals surface area contributed by atoms with Gasteiger partial charge in [-0.15, -0.1) is 5.10 Å². The third kappa shape index (κ3) is 3.91. The third-order valence-electron chi connectivity index (χ3n) is 6.46. The Morgan fingerprint density at radius 3 is 2.55 bits per heavy atom. The molecule has 0 amide bonds. The maximum absolute atomic E-state index is 5.92. The number of aryl methyl sites for hydroxylation is 1. The highest BCUT2D eigenvalue weighted by Gasteiger charge is 2.58. The third-order valence-corrected chi connectivity index (χ3v) is 6.71. The minimum absolute atomic E-state index is 0.419. The van der Waals surface area contributed by atoms with Crippen molar-refractivity contribution in [3.8, 4) is 11.5 Å². The second kappa shape index (κ2) is 8.11. The highest BCUT2D eigenvalue weighted by Crippen LogP contribution is 2.58. The first-order valence-corrected chi connectivity index (χ1v) is 11.3. The van der Waals surface area contributed by atoms with Crippen LogP contribution >= 0.6 is 11.6 Å². The molecule has 1 unspecified atom stereocenters. The van der Waals surface area contributed by atoms with E-state index >= 15 is 0 Å². The molecular weight excluding hydrogens is 442 g/mol. The second-order valence-corrected chi connectivity index (χ2v) is 8.98. The molecule has 0 bridgehead atoms. The van der Waals surface area contributed by atoms with Gasteiger partial charge in [-0.05, 0) is 42.9 Å². The molecule has 2 N–H and O–H groups in total. The molecule has 1 aromatic carbocycles. The van der Waals surface area contributed by atoms with Crippen molar-refractivity contribution in [2.24, 2.45) is 11.8 Å². The lowest BCUT2D eigenvalue weighted by atomic mass is 10.1. The highest BCUT2D eigenvalue weighted by atomic mass is 35.5. The average Bonchev–Trinajstić information content (AvgIpc) is 3.30. The summed E-state index contributed by atoms with van der Waals surface area (Å²) in [5.41, 5.74) is 3.97. The summed E-state index contributed by atoms with van der Waals surface area (Å²) in [7, 11) is 0. The molecule has 2 fully saturated rings. The minimum Gasteiger partial charge on any atom is -0.403 e. The van der Waals surface area contributed by atoms with Crippen LogP contribution in [-0.2, 0) is 6.42 Å². The van der Waals surface area contributed by atoms with Gasteiger partial charge in [-0.3, -0.25) is 0 Å². The SMILES string of the molecule is Cc1n[nH]nc1C1[C@H]2CN(c3nnc(-c4cnc(NCCc5ccc(Cl)cc5)nc4)o3)C[C@@H]12. The van der Waals surface area contributed by atoms with E-state index in [1.165, 1.54) is 5.56 Å². The standard InChI is InChI=1S/C22H22ClN9O/c1-12-19(28-31-27-12)18-16-10-32(11-17(16)18)22-30-29-20(33-22)14-8-25-21(26-9-14)24-7-6-13-2-4-15(23)5-3-13/h2-5,8-9,16-18H,6-7,10-11H2,1H3,(H,24,25,26)(H,27,28,31)/t16-,17+,18?. The fourth-order valence-corrected chi connectivity index (χ4v) is 4.78. The van der Waals surface area contributed by atoms with Crippen molar-refractivity contribution in [1.29, 1.82) is 0 Å². The Hall–Kier alpha value is -3.53. The molecule has 3 aromatic heterocycles. The molecule has 6 rings (SSSR count). The lowest BCUT2D eigenvalue weighted by Gasteiger charge is -2.16. The van der Waals surface area contributed by atoms with Crippen molar-refractivity contribution >= 4 is 23.6 Å². The van der Waals surface area contributed by atoms with Gasteiger partial charge in [0.15, 0.2) is 0 Å². The van der Waals surface area contributed by atoms with Crippen molar-refractivity contribution in [2.75, 3.05) is 29.9 Å². The Labute approximate surface area is 194 Å². The Bertz CT molecular complexity index is 1240. The van der Waals surface area contributed by atoms with Gasteiger partial charge >= 0.3 is 6.01 Å². The quantitative estimate of drug-likeness (QED) is 0.425. The van der Waals surface area contributed by atoms with E-state index in [0.717, 1.165) is 42.5 Å². The number of halogens is 1. The number of aromatic nitrogens is 7. The predicted octanol–water partition coefficient (Wildman–Crippen LogP) is 3.11. The van der Waals surface area contributed by atoms with E-state index < -0.39 is 0 Å². The number of H-pyrrole nitrogens is 1. The highest BCUT2D eigenvalue weighted by molar-refractivity contribution is 6.30. The Morgan fingerprint density at radius 1 is 1.09 bits per heavy atom. The maximum Gasteiger partial charge on any atom is 0.318 e. The van der Waals surface area contributed by atoms with Crippen molar-refractivity contribution in [1.82, 2.24) is 35.6 Å².